The molecule has 0 fully saturated rings. The molecule has 7 heteroatoms. The number of carboxylic acids is 1. The van der Waals surface area contributed by atoms with E-state index in [1.165, 1.54) is 4.88 Å². The summed E-state index contributed by atoms with van der Waals surface area (Å²) < 4.78 is 7.41. The zero-order chi connectivity index (χ0) is 21.4. The summed E-state index contributed by atoms with van der Waals surface area (Å²) >= 11 is 7.71. The minimum atomic E-state index is -0.851. The van der Waals surface area contributed by atoms with Gasteiger partial charge in [-0.2, -0.15) is 0 Å². The Morgan fingerprint density at radius 2 is 2.03 bits per heavy atom. The molecule has 1 aliphatic carbocycles. The number of halogens is 1. The molecule has 0 amide bonds. The third kappa shape index (κ3) is 3.66. The lowest BCUT2D eigenvalue weighted by Crippen LogP contribution is -2.09. The van der Waals surface area contributed by atoms with E-state index >= 15 is 0 Å². The maximum Gasteiger partial charge on any atom is 0.339 e. The van der Waals surface area contributed by atoms with Crippen LogP contribution in [0.1, 0.15) is 50.6 Å². The van der Waals surface area contributed by atoms with Gasteiger partial charge in [0.25, 0.3) is 0 Å². The van der Waals surface area contributed by atoms with Gasteiger partial charge in [0.05, 0.1) is 12.7 Å². The normalized spacial score (nSPS) is 13.6. The van der Waals surface area contributed by atoms with Gasteiger partial charge in [0.1, 0.15) is 16.4 Å². The molecule has 4 rings (SSSR count). The number of hydrogen-bond donors (Lipinski definition) is 1. The van der Waals surface area contributed by atoms with Gasteiger partial charge in [0, 0.05) is 33.1 Å². The molecule has 0 bridgehead atoms. The van der Waals surface area contributed by atoms with Gasteiger partial charge in [-0.3, -0.25) is 4.99 Å². The number of carbonyl (C=O) groups is 1. The first-order valence-corrected chi connectivity index (χ1v) is 11.0. The van der Waals surface area contributed by atoms with Crippen molar-refractivity contribution in [3.63, 3.8) is 0 Å². The molecule has 0 saturated carbocycles. The molecule has 3 aromatic rings. The first-order valence-electron chi connectivity index (χ1n) is 9.85. The SMILES string of the molecule is COc1ccc(Cl)cc1N=Cc1cc(C)n(-c2sc3c(c2C(=O)O)CCCC3)c1C. The molecule has 5 nitrogen and oxygen atoms in total. The van der Waals surface area contributed by atoms with Crippen molar-refractivity contribution in [2.75, 3.05) is 7.11 Å². The summed E-state index contributed by atoms with van der Waals surface area (Å²) in [4.78, 5) is 17.9. The second-order valence-corrected chi connectivity index (χ2v) is 8.95. The van der Waals surface area contributed by atoms with Gasteiger partial charge in [-0.15, -0.1) is 11.3 Å². The number of aryl methyl sites for hydroxylation is 2. The molecule has 2 heterocycles. The number of benzene rings is 1. The standard InChI is InChI=1S/C23H23ClN2O3S/c1-13-10-15(12-25-18-11-16(24)8-9-19(18)29-3)14(2)26(13)22-21(23(27)28)17-6-4-5-7-20(17)30-22/h8-12H,4-7H2,1-3H3,(H,27,28). The van der Waals surface area contributed by atoms with Crippen LogP contribution in [0.25, 0.3) is 5.00 Å². The number of nitrogens with zero attached hydrogens (tertiary/aromatic N) is 2. The van der Waals surface area contributed by atoms with Crippen molar-refractivity contribution in [3.05, 3.63) is 62.2 Å². The minimum absolute atomic E-state index is 0.455. The summed E-state index contributed by atoms with van der Waals surface area (Å²) in [5.41, 5.74) is 4.98. The Hall–Kier alpha value is -2.57. The Morgan fingerprint density at radius 1 is 1.27 bits per heavy atom. The fourth-order valence-electron chi connectivity index (χ4n) is 4.06. The minimum Gasteiger partial charge on any atom is -0.494 e. The van der Waals surface area contributed by atoms with E-state index in [1.54, 1.807) is 42.9 Å². The zero-order valence-electron chi connectivity index (χ0n) is 17.2. The number of aromatic nitrogens is 1. The smallest absolute Gasteiger partial charge is 0.339 e. The van der Waals surface area contributed by atoms with Gasteiger partial charge in [0.15, 0.2) is 0 Å². The van der Waals surface area contributed by atoms with E-state index in [0.29, 0.717) is 22.0 Å². The summed E-state index contributed by atoms with van der Waals surface area (Å²) in [7, 11) is 1.60. The van der Waals surface area contributed by atoms with Crippen molar-refractivity contribution in [1.82, 2.24) is 4.57 Å². The van der Waals surface area contributed by atoms with Crippen LogP contribution in [0.2, 0.25) is 5.02 Å². The molecule has 0 unspecified atom stereocenters. The summed E-state index contributed by atoms with van der Waals surface area (Å²) in [5, 5.41) is 11.3. The van der Waals surface area contributed by atoms with E-state index < -0.39 is 5.97 Å². The highest BCUT2D eigenvalue weighted by atomic mass is 35.5. The van der Waals surface area contributed by atoms with Crippen LogP contribution < -0.4 is 4.74 Å². The average Bonchev–Trinajstić information content (AvgIpc) is 3.23. The van der Waals surface area contributed by atoms with Crippen LogP contribution in [0.15, 0.2) is 29.3 Å². The lowest BCUT2D eigenvalue weighted by atomic mass is 9.95. The lowest BCUT2D eigenvalue weighted by molar-refractivity contribution is 0.0696. The highest BCUT2D eigenvalue weighted by molar-refractivity contribution is 7.15. The molecule has 30 heavy (non-hydrogen) atoms. The maximum absolute atomic E-state index is 12.1. The first-order chi connectivity index (χ1) is 14.4. The predicted molar refractivity (Wildman–Crippen MR) is 122 cm³/mol. The summed E-state index contributed by atoms with van der Waals surface area (Å²) in [6.45, 7) is 3.99. The third-order valence-corrected chi connectivity index (χ3v) is 7.04. The van der Waals surface area contributed by atoms with Crippen LogP contribution in [-0.2, 0) is 12.8 Å². The van der Waals surface area contributed by atoms with E-state index in [2.05, 4.69) is 4.99 Å². The Labute approximate surface area is 184 Å². The number of aliphatic imine (C=N–C) groups is 1. The van der Waals surface area contributed by atoms with Gasteiger partial charge in [-0.25, -0.2) is 4.79 Å². The van der Waals surface area contributed by atoms with Crippen LogP contribution in [-0.4, -0.2) is 29.0 Å². The Morgan fingerprint density at radius 3 is 2.77 bits per heavy atom. The average molecular weight is 443 g/mol. The van der Waals surface area contributed by atoms with Gasteiger partial charge in [0.2, 0.25) is 0 Å². The van der Waals surface area contributed by atoms with Crippen molar-refractivity contribution < 1.29 is 14.6 Å². The molecule has 2 aromatic heterocycles. The first kappa shape index (κ1) is 20.7. The highest BCUT2D eigenvalue weighted by Crippen LogP contribution is 2.38. The van der Waals surface area contributed by atoms with Gasteiger partial charge in [-0.05, 0) is 69.4 Å². The Balaban J connectivity index is 1.78. The topological polar surface area (TPSA) is 63.8 Å². The highest BCUT2D eigenvalue weighted by Gasteiger charge is 2.27. The van der Waals surface area contributed by atoms with Gasteiger partial charge < -0.3 is 14.4 Å². The Kier molecular flexibility index (Phi) is 5.71. The summed E-state index contributed by atoms with van der Waals surface area (Å²) in [6.07, 6.45) is 5.75. The van der Waals surface area contributed by atoms with E-state index in [0.717, 1.165) is 53.2 Å². The van der Waals surface area contributed by atoms with Crippen LogP contribution in [0.3, 0.4) is 0 Å². The summed E-state index contributed by atoms with van der Waals surface area (Å²) in [5.74, 6) is -0.209. The largest absolute Gasteiger partial charge is 0.494 e. The predicted octanol–water partition coefficient (Wildman–Crippen LogP) is 6.15. The number of fused-ring (bicyclic) bond motifs is 1. The second-order valence-electron chi connectivity index (χ2n) is 7.43. The van der Waals surface area contributed by atoms with Crippen molar-refractivity contribution in [2.45, 2.75) is 39.5 Å². The summed E-state index contributed by atoms with van der Waals surface area (Å²) in [6, 6.07) is 7.33. The van der Waals surface area contributed by atoms with Crippen molar-refractivity contribution in [1.29, 1.82) is 0 Å². The molecule has 0 radical (unpaired) electrons. The van der Waals surface area contributed by atoms with Crippen LogP contribution in [0.4, 0.5) is 5.69 Å². The van der Waals surface area contributed by atoms with E-state index in [-0.39, 0.29) is 0 Å². The molecule has 0 atom stereocenters. The van der Waals surface area contributed by atoms with E-state index in [1.807, 2.05) is 24.5 Å². The van der Waals surface area contributed by atoms with Crippen LogP contribution in [0.5, 0.6) is 5.75 Å². The zero-order valence-corrected chi connectivity index (χ0v) is 18.7. The van der Waals surface area contributed by atoms with Crippen molar-refractivity contribution in [2.24, 2.45) is 4.99 Å². The lowest BCUT2D eigenvalue weighted by Gasteiger charge is -2.11. The van der Waals surface area contributed by atoms with Crippen molar-refractivity contribution in [3.8, 4) is 10.8 Å². The number of carboxylic acid groups (broad SMARTS) is 1. The Bertz CT molecular complexity index is 1160. The molecule has 0 saturated heterocycles. The molecule has 0 spiro atoms. The number of aromatic carboxylic acids is 1. The monoisotopic (exact) mass is 442 g/mol. The number of rotatable bonds is 5. The van der Waals surface area contributed by atoms with Gasteiger partial charge >= 0.3 is 5.97 Å². The fourth-order valence-corrected chi connectivity index (χ4v) is 5.72. The molecule has 0 aliphatic heterocycles. The number of methoxy groups -OCH3 is 1. The number of thiophene rings is 1. The van der Waals surface area contributed by atoms with Crippen molar-refractivity contribution >= 4 is 40.8 Å². The second kappa shape index (κ2) is 8.28. The van der Waals surface area contributed by atoms with Crippen LogP contribution >= 0.6 is 22.9 Å². The van der Waals surface area contributed by atoms with Gasteiger partial charge in [-0.1, -0.05) is 11.6 Å². The molecule has 156 valence electrons. The molecule has 1 N–H and O–H groups in total. The molecular formula is C23H23ClN2O3S. The molecule has 1 aliphatic rings. The van der Waals surface area contributed by atoms with Crippen LogP contribution in [0, 0.1) is 13.8 Å². The molecular weight excluding hydrogens is 420 g/mol. The quantitative estimate of drug-likeness (QED) is 0.482. The number of hydrogen-bond acceptors (Lipinski definition) is 4. The third-order valence-electron chi connectivity index (χ3n) is 5.52. The molecule has 1 aromatic carbocycles. The fraction of sp³-hybridized carbons (Fsp3) is 0.304. The van der Waals surface area contributed by atoms with E-state index in [9.17, 15) is 9.90 Å². The number of ether oxygens (including phenoxy) is 1. The van der Waals surface area contributed by atoms with E-state index in [4.69, 9.17) is 16.3 Å². The maximum atomic E-state index is 12.1.